The molecule has 18 heavy (non-hydrogen) atoms. The van der Waals surface area contributed by atoms with E-state index < -0.39 is 0 Å². The summed E-state index contributed by atoms with van der Waals surface area (Å²) in [5.41, 5.74) is 1.56. The van der Waals surface area contributed by atoms with Gasteiger partial charge in [-0.1, -0.05) is 0 Å². The van der Waals surface area contributed by atoms with Gasteiger partial charge < -0.3 is 9.30 Å². The molecule has 0 bridgehead atoms. The zero-order chi connectivity index (χ0) is 13.1. The highest BCUT2D eigenvalue weighted by Crippen LogP contribution is 2.23. The second-order valence-electron chi connectivity index (χ2n) is 3.84. The number of pyridine rings is 1. The zero-order valence-corrected chi connectivity index (χ0v) is 11.0. The number of hydrogen-bond acceptors (Lipinski definition) is 4. The molecule has 1 unspecified atom stereocenters. The number of aromatic nitrogens is 3. The summed E-state index contributed by atoms with van der Waals surface area (Å²) in [4.78, 5) is 20.0. The predicted octanol–water partition coefficient (Wildman–Crippen LogP) is 2.29. The largest absolute Gasteiger partial charge is 0.465 e. The van der Waals surface area contributed by atoms with Crippen molar-refractivity contribution in [3.8, 4) is 0 Å². The Labute approximate surface area is 110 Å². The topological polar surface area (TPSA) is 57.0 Å². The van der Waals surface area contributed by atoms with Crippen LogP contribution in [-0.2, 0) is 16.1 Å². The van der Waals surface area contributed by atoms with Gasteiger partial charge in [0.25, 0.3) is 0 Å². The van der Waals surface area contributed by atoms with Crippen LogP contribution in [-0.4, -0.2) is 27.1 Å². The van der Waals surface area contributed by atoms with Crippen molar-refractivity contribution in [1.29, 1.82) is 0 Å². The van der Waals surface area contributed by atoms with Crippen molar-refractivity contribution in [2.24, 2.45) is 0 Å². The molecule has 0 aliphatic carbocycles. The molecular weight excluding hydrogens is 254 g/mol. The van der Waals surface area contributed by atoms with Gasteiger partial charge in [-0.05, 0) is 19.9 Å². The number of hydrogen-bond donors (Lipinski definition) is 0. The summed E-state index contributed by atoms with van der Waals surface area (Å²) in [7, 11) is 0. The highest BCUT2D eigenvalue weighted by Gasteiger charge is 2.17. The maximum Gasteiger partial charge on any atom is 0.326 e. The molecule has 0 saturated carbocycles. The van der Waals surface area contributed by atoms with E-state index >= 15 is 0 Å². The first-order chi connectivity index (χ1) is 8.63. The Morgan fingerprint density at radius 1 is 1.61 bits per heavy atom. The lowest BCUT2D eigenvalue weighted by Crippen LogP contribution is -2.15. The molecule has 0 saturated heterocycles. The number of imidazole rings is 1. The Hall–Kier alpha value is -1.62. The van der Waals surface area contributed by atoms with E-state index in [-0.39, 0.29) is 17.9 Å². The van der Waals surface area contributed by atoms with E-state index in [1.165, 1.54) is 0 Å². The van der Waals surface area contributed by atoms with Gasteiger partial charge in [-0.3, -0.25) is 9.78 Å². The molecule has 5 nitrogen and oxygen atoms in total. The summed E-state index contributed by atoms with van der Waals surface area (Å²) in [6, 6.07) is 1.81. The summed E-state index contributed by atoms with van der Waals surface area (Å²) < 4.78 is 6.72. The molecule has 0 amide bonds. The molecule has 1 atom stereocenters. The average Bonchev–Trinajstić information content (AvgIpc) is 2.69. The molecule has 2 aromatic rings. The van der Waals surface area contributed by atoms with Crippen LogP contribution in [0.3, 0.4) is 0 Å². The normalized spacial score (nSPS) is 12.6. The molecule has 2 rings (SSSR count). The van der Waals surface area contributed by atoms with Crippen LogP contribution in [0.1, 0.15) is 25.0 Å². The number of rotatable bonds is 4. The third kappa shape index (κ3) is 2.46. The van der Waals surface area contributed by atoms with Crippen molar-refractivity contribution in [3.05, 3.63) is 24.3 Å². The minimum absolute atomic E-state index is 0.112. The highest BCUT2D eigenvalue weighted by molar-refractivity contribution is 6.20. The highest BCUT2D eigenvalue weighted by atomic mass is 35.5. The van der Waals surface area contributed by atoms with E-state index in [2.05, 4.69) is 9.97 Å². The molecular formula is C12H14ClN3O2. The number of nitrogens with zero attached hydrogens (tertiary/aromatic N) is 3. The van der Waals surface area contributed by atoms with E-state index in [1.807, 2.05) is 13.0 Å². The lowest BCUT2D eigenvalue weighted by Gasteiger charge is -2.09. The first kappa shape index (κ1) is 12.8. The molecule has 2 aromatic heterocycles. The second-order valence-corrected chi connectivity index (χ2v) is 4.50. The molecule has 2 heterocycles. The summed E-state index contributed by atoms with van der Waals surface area (Å²) in [5, 5.41) is -0.285. The molecule has 0 N–H and O–H groups in total. The summed E-state index contributed by atoms with van der Waals surface area (Å²) in [5.74, 6) is 0.347. The molecule has 0 aliphatic heterocycles. The number of fused-ring (bicyclic) bond motifs is 1. The number of alkyl halides is 1. The van der Waals surface area contributed by atoms with Crippen molar-refractivity contribution >= 4 is 28.6 Å². The third-order valence-corrected chi connectivity index (χ3v) is 2.72. The van der Waals surface area contributed by atoms with Crippen molar-refractivity contribution in [2.45, 2.75) is 25.8 Å². The van der Waals surface area contributed by atoms with Crippen molar-refractivity contribution in [3.63, 3.8) is 0 Å². The maximum atomic E-state index is 11.6. The fraction of sp³-hybridized carbons (Fsp3) is 0.417. The number of esters is 1. The summed E-state index contributed by atoms with van der Waals surface area (Å²) in [6.07, 6.45) is 3.31. The van der Waals surface area contributed by atoms with Gasteiger partial charge in [-0.2, -0.15) is 0 Å². The van der Waals surface area contributed by atoms with Crippen molar-refractivity contribution < 1.29 is 9.53 Å². The van der Waals surface area contributed by atoms with Crippen LogP contribution < -0.4 is 0 Å². The van der Waals surface area contributed by atoms with Crippen LogP contribution in [0, 0.1) is 0 Å². The van der Waals surface area contributed by atoms with Gasteiger partial charge in [0.15, 0.2) is 0 Å². The van der Waals surface area contributed by atoms with E-state index in [4.69, 9.17) is 16.3 Å². The lowest BCUT2D eigenvalue weighted by atomic mass is 10.4. The molecule has 0 aromatic carbocycles. The number of ether oxygens (including phenoxy) is 1. The monoisotopic (exact) mass is 267 g/mol. The van der Waals surface area contributed by atoms with Crippen LogP contribution >= 0.6 is 11.6 Å². The fourth-order valence-corrected chi connectivity index (χ4v) is 1.97. The van der Waals surface area contributed by atoms with Crippen LogP contribution in [0.4, 0.5) is 0 Å². The van der Waals surface area contributed by atoms with Crippen molar-refractivity contribution in [1.82, 2.24) is 14.5 Å². The maximum absolute atomic E-state index is 11.6. The van der Waals surface area contributed by atoms with Gasteiger partial charge in [0.05, 0.1) is 23.7 Å². The minimum Gasteiger partial charge on any atom is -0.465 e. The molecule has 0 spiro atoms. The Morgan fingerprint density at radius 3 is 3.06 bits per heavy atom. The standard InChI is InChI=1S/C12H14ClN3O2/c1-3-18-11(17)7-16-10-4-5-14-6-9(10)15-12(16)8(2)13/h4-6,8H,3,7H2,1-2H3. The van der Waals surface area contributed by atoms with Crippen molar-refractivity contribution in [2.75, 3.05) is 6.61 Å². The van der Waals surface area contributed by atoms with Gasteiger partial charge in [0.2, 0.25) is 0 Å². The van der Waals surface area contributed by atoms with Crippen LogP contribution in [0.25, 0.3) is 11.0 Å². The van der Waals surface area contributed by atoms with E-state index in [0.717, 1.165) is 11.0 Å². The van der Waals surface area contributed by atoms with Gasteiger partial charge in [-0.25, -0.2) is 4.98 Å². The SMILES string of the molecule is CCOC(=O)Cn1c(C(C)Cl)nc2cnccc21. The Morgan fingerprint density at radius 2 is 2.39 bits per heavy atom. The predicted molar refractivity (Wildman–Crippen MR) is 68.4 cm³/mol. The quantitative estimate of drug-likeness (QED) is 0.630. The molecule has 0 fully saturated rings. The third-order valence-electron chi connectivity index (χ3n) is 2.53. The van der Waals surface area contributed by atoms with E-state index in [0.29, 0.717) is 12.4 Å². The van der Waals surface area contributed by atoms with Crippen LogP contribution in [0.5, 0.6) is 0 Å². The molecule has 6 heteroatoms. The Balaban J connectivity index is 2.45. The second kappa shape index (κ2) is 5.35. The summed E-state index contributed by atoms with van der Waals surface area (Å²) >= 11 is 6.08. The lowest BCUT2D eigenvalue weighted by molar-refractivity contribution is -0.143. The number of carbonyl (C=O) groups excluding carboxylic acids is 1. The van der Waals surface area contributed by atoms with Crippen LogP contribution in [0.2, 0.25) is 0 Å². The first-order valence-corrected chi connectivity index (χ1v) is 6.17. The van der Waals surface area contributed by atoms with Gasteiger partial charge in [0.1, 0.15) is 17.9 Å². The molecule has 0 radical (unpaired) electrons. The van der Waals surface area contributed by atoms with Gasteiger partial charge >= 0.3 is 5.97 Å². The minimum atomic E-state index is -0.299. The van der Waals surface area contributed by atoms with Crippen LogP contribution in [0.15, 0.2) is 18.5 Å². The number of carbonyl (C=O) groups is 1. The van der Waals surface area contributed by atoms with E-state index in [9.17, 15) is 4.79 Å². The fourth-order valence-electron chi connectivity index (χ4n) is 1.81. The number of halogens is 1. The molecule has 96 valence electrons. The first-order valence-electron chi connectivity index (χ1n) is 5.73. The van der Waals surface area contributed by atoms with Gasteiger partial charge in [0, 0.05) is 6.20 Å². The van der Waals surface area contributed by atoms with Gasteiger partial charge in [-0.15, -0.1) is 11.6 Å². The summed E-state index contributed by atoms with van der Waals surface area (Å²) in [6.45, 7) is 4.07. The van der Waals surface area contributed by atoms with E-state index in [1.54, 1.807) is 23.9 Å². The zero-order valence-electron chi connectivity index (χ0n) is 10.3. The smallest absolute Gasteiger partial charge is 0.326 e. The Kier molecular flexibility index (Phi) is 3.81. The Bertz CT molecular complexity index is 565. The molecule has 0 aliphatic rings. The average molecular weight is 268 g/mol.